The van der Waals surface area contributed by atoms with Crippen LogP contribution in [0.25, 0.3) is 0 Å². The lowest BCUT2D eigenvalue weighted by atomic mass is 9.98. The molecule has 2 N–H and O–H groups in total. The molecule has 0 atom stereocenters. The van der Waals surface area contributed by atoms with Crippen LogP contribution in [0.1, 0.15) is 11.1 Å². The molecule has 5 heteroatoms. The number of anilines is 2. The first-order valence-corrected chi connectivity index (χ1v) is 6.91. The van der Waals surface area contributed by atoms with Gasteiger partial charge in [0.05, 0.1) is 6.61 Å². The van der Waals surface area contributed by atoms with Gasteiger partial charge >= 0.3 is 0 Å². The second kappa shape index (κ2) is 5.54. The summed E-state index contributed by atoms with van der Waals surface area (Å²) in [5.41, 5.74) is 9.55. The standard InChI is InChI=1S/C15H20N4O/c1-20-10-9-18-8-6-17-15(18)19-7-5-13-12(11-19)3-2-4-14(13)16/h2-4,6,8H,5,7,9-11,16H2,1H3. The van der Waals surface area contributed by atoms with Crippen LogP contribution in [-0.2, 0) is 24.2 Å². The Balaban J connectivity index is 1.82. The Morgan fingerprint density at radius 3 is 3.15 bits per heavy atom. The number of imidazole rings is 1. The van der Waals surface area contributed by atoms with Crippen molar-refractivity contribution < 1.29 is 4.74 Å². The average Bonchev–Trinajstić information content (AvgIpc) is 2.93. The Labute approximate surface area is 119 Å². The van der Waals surface area contributed by atoms with Gasteiger partial charge < -0.3 is 19.9 Å². The van der Waals surface area contributed by atoms with E-state index in [0.717, 1.165) is 37.7 Å². The molecule has 2 aromatic rings. The summed E-state index contributed by atoms with van der Waals surface area (Å²) in [6.07, 6.45) is 4.82. The molecule has 1 aliphatic rings. The van der Waals surface area contributed by atoms with Gasteiger partial charge in [0, 0.05) is 44.8 Å². The van der Waals surface area contributed by atoms with Crippen molar-refractivity contribution in [2.24, 2.45) is 0 Å². The van der Waals surface area contributed by atoms with E-state index in [0.29, 0.717) is 6.61 Å². The number of fused-ring (bicyclic) bond motifs is 1. The van der Waals surface area contributed by atoms with Crippen molar-refractivity contribution in [2.75, 3.05) is 30.9 Å². The molecule has 3 rings (SSSR count). The van der Waals surface area contributed by atoms with Gasteiger partial charge in [-0.15, -0.1) is 0 Å². The van der Waals surface area contributed by atoms with Crippen molar-refractivity contribution in [2.45, 2.75) is 19.5 Å². The Morgan fingerprint density at radius 2 is 2.30 bits per heavy atom. The SMILES string of the molecule is COCCn1ccnc1N1CCc2c(N)cccc2C1. The predicted octanol–water partition coefficient (Wildman–Crippen LogP) is 1.67. The molecule has 1 aromatic heterocycles. The van der Waals surface area contributed by atoms with Gasteiger partial charge in [0.25, 0.3) is 0 Å². The molecule has 0 amide bonds. The molecule has 0 saturated heterocycles. The number of nitrogens with two attached hydrogens (primary N) is 1. The summed E-state index contributed by atoms with van der Waals surface area (Å²) in [7, 11) is 1.72. The van der Waals surface area contributed by atoms with Crippen molar-refractivity contribution >= 4 is 11.6 Å². The molecular weight excluding hydrogens is 252 g/mol. The van der Waals surface area contributed by atoms with Gasteiger partial charge in [-0.2, -0.15) is 0 Å². The van der Waals surface area contributed by atoms with Gasteiger partial charge in [-0.25, -0.2) is 4.98 Å². The minimum absolute atomic E-state index is 0.695. The summed E-state index contributed by atoms with van der Waals surface area (Å²) in [5, 5.41) is 0. The maximum absolute atomic E-state index is 6.05. The van der Waals surface area contributed by atoms with E-state index in [1.165, 1.54) is 11.1 Å². The molecule has 0 saturated carbocycles. The first-order chi connectivity index (χ1) is 9.79. The molecule has 0 spiro atoms. The van der Waals surface area contributed by atoms with E-state index in [2.05, 4.69) is 20.5 Å². The van der Waals surface area contributed by atoms with Crippen LogP contribution in [0.2, 0.25) is 0 Å². The highest BCUT2D eigenvalue weighted by Crippen LogP contribution is 2.26. The first-order valence-electron chi connectivity index (χ1n) is 6.91. The number of nitrogens with zero attached hydrogens (tertiary/aromatic N) is 3. The molecule has 106 valence electrons. The third-order valence-corrected chi connectivity index (χ3v) is 3.81. The van der Waals surface area contributed by atoms with Gasteiger partial charge in [0.15, 0.2) is 0 Å². The van der Waals surface area contributed by atoms with E-state index in [1.54, 1.807) is 7.11 Å². The van der Waals surface area contributed by atoms with Crippen LogP contribution < -0.4 is 10.6 Å². The Morgan fingerprint density at radius 1 is 1.40 bits per heavy atom. The van der Waals surface area contributed by atoms with Crippen molar-refractivity contribution in [1.29, 1.82) is 0 Å². The molecule has 1 aliphatic heterocycles. The summed E-state index contributed by atoms with van der Waals surface area (Å²) < 4.78 is 7.29. The maximum atomic E-state index is 6.05. The van der Waals surface area contributed by atoms with Crippen LogP contribution in [-0.4, -0.2) is 29.8 Å². The second-order valence-corrected chi connectivity index (χ2v) is 5.07. The molecule has 0 fully saturated rings. The highest BCUT2D eigenvalue weighted by molar-refractivity contribution is 5.54. The zero-order chi connectivity index (χ0) is 13.9. The molecule has 20 heavy (non-hydrogen) atoms. The predicted molar refractivity (Wildman–Crippen MR) is 79.7 cm³/mol. The van der Waals surface area contributed by atoms with Gasteiger partial charge in [-0.1, -0.05) is 12.1 Å². The van der Waals surface area contributed by atoms with Crippen LogP contribution in [0.5, 0.6) is 0 Å². The number of benzene rings is 1. The van der Waals surface area contributed by atoms with Crippen LogP contribution in [0.3, 0.4) is 0 Å². The van der Waals surface area contributed by atoms with Crippen molar-refractivity contribution in [3.8, 4) is 0 Å². The average molecular weight is 272 g/mol. The highest BCUT2D eigenvalue weighted by Gasteiger charge is 2.20. The topological polar surface area (TPSA) is 56.3 Å². The number of hydrogen-bond donors (Lipinski definition) is 1. The molecule has 2 heterocycles. The smallest absolute Gasteiger partial charge is 0.205 e. The van der Waals surface area contributed by atoms with Crippen molar-refractivity contribution in [1.82, 2.24) is 9.55 Å². The molecular formula is C15H20N4O. The van der Waals surface area contributed by atoms with Crippen molar-refractivity contribution in [3.05, 3.63) is 41.7 Å². The van der Waals surface area contributed by atoms with Crippen molar-refractivity contribution in [3.63, 3.8) is 0 Å². The van der Waals surface area contributed by atoms with Gasteiger partial charge in [-0.3, -0.25) is 0 Å². The van der Waals surface area contributed by atoms with E-state index in [1.807, 2.05) is 24.5 Å². The quantitative estimate of drug-likeness (QED) is 0.860. The van der Waals surface area contributed by atoms with Crippen LogP contribution in [0.4, 0.5) is 11.6 Å². The minimum Gasteiger partial charge on any atom is -0.398 e. The van der Waals surface area contributed by atoms with Gasteiger partial charge in [-0.05, 0) is 23.6 Å². The third-order valence-electron chi connectivity index (χ3n) is 3.81. The molecule has 0 radical (unpaired) electrons. The van der Waals surface area contributed by atoms with Gasteiger partial charge in [0.2, 0.25) is 5.95 Å². The molecule has 5 nitrogen and oxygen atoms in total. The minimum atomic E-state index is 0.695. The number of aromatic nitrogens is 2. The third kappa shape index (κ3) is 2.36. The summed E-state index contributed by atoms with van der Waals surface area (Å²) in [6, 6.07) is 6.16. The fraction of sp³-hybridized carbons (Fsp3) is 0.400. The van der Waals surface area contributed by atoms with Crippen LogP contribution in [0.15, 0.2) is 30.6 Å². The number of rotatable bonds is 4. The molecule has 0 aliphatic carbocycles. The molecule has 0 bridgehead atoms. The lowest BCUT2D eigenvalue weighted by Crippen LogP contribution is -2.33. The highest BCUT2D eigenvalue weighted by atomic mass is 16.5. The van der Waals surface area contributed by atoms with E-state index in [-0.39, 0.29) is 0 Å². The van der Waals surface area contributed by atoms with Crippen LogP contribution >= 0.6 is 0 Å². The molecule has 1 aromatic carbocycles. The number of hydrogen-bond acceptors (Lipinski definition) is 4. The lowest BCUT2D eigenvalue weighted by Gasteiger charge is -2.30. The lowest BCUT2D eigenvalue weighted by molar-refractivity contribution is 0.187. The Hall–Kier alpha value is -2.01. The monoisotopic (exact) mass is 272 g/mol. The fourth-order valence-corrected chi connectivity index (χ4v) is 2.76. The molecule has 0 unspecified atom stereocenters. The Kier molecular flexibility index (Phi) is 3.60. The van der Waals surface area contributed by atoms with E-state index < -0.39 is 0 Å². The van der Waals surface area contributed by atoms with Crippen LogP contribution in [0, 0.1) is 0 Å². The maximum Gasteiger partial charge on any atom is 0.205 e. The summed E-state index contributed by atoms with van der Waals surface area (Å²) >= 11 is 0. The summed E-state index contributed by atoms with van der Waals surface area (Å²) in [4.78, 5) is 6.79. The number of methoxy groups -OCH3 is 1. The first kappa shape index (κ1) is 13.0. The summed E-state index contributed by atoms with van der Waals surface area (Å²) in [5.74, 6) is 1.01. The van der Waals surface area contributed by atoms with E-state index in [4.69, 9.17) is 10.5 Å². The fourth-order valence-electron chi connectivity index (χ4n) is 2.76. The van der Waals surface area contributed by atoms with E-state index in [9.17, 15) is 0 Å². The zero-order valence-electron chi connectivity index (χ0n) is 11.7. The van der Waals surface area contributed by atoms with Gasteiger partial charge in [0.1, 0.15) is 0 Å². The van der Waals surface area contributed by atoms with E-state index >= 15 is 0 Å². The summed E-state index contributed by atoms with van der Waals surface area (Å²) in [6.45, 7) is 3.34. The second-order valence-electron chi connectivity index (χ2n) is 5.07. The normalized spacial score (nSPS) is 14.3. The zero-order valence-corrected chi connectivity index (χ0v) is 11.7. The Bertz CT molecular complexity index is 593. The largest absolute Gasteiger partial charge is 0.398 e. The number of ether oxygens (including phenoxy) is 1. The number of nitrogen functional groups attached to an aromatic ring is 1.